The Balaban J connectivity index is 1.79. The first-order chi connectivity index (χ1) is 13.7. The van der Waals surface area contributed by atoms with Gasteiger partial charge in [0.25, 0.3) is 5.91 Å². The van der Waals surface area contributed by atoms with E-state index >= 15 is 0 Å². The van der Waals surface area contributed by atoms with E-state index in [1.54, 1.807) is 0 Å². The van der Waals surface area contributed by atoms with E-state index in [4.69, 9.17) is 0 Å². The fraction of sp³-hybridized carbons (Fsp3) is 0.381. The molecule has 5 nitrogen and oxygen atoms in total. The largest absolute Gasteiger partial charge is 0.348 e. The minimum atomic E-state index is -3.83. The zero-order valence-electron chi connectivity index (χ0n) is 16.4. The molecule has 0 radical (unpaired) electrons. The topological polar surface area (TPSA) is 66.5 Å². The minimum Gasteiger partial charge on any atom is -0.348 e. The van der Waals surface area contributed by atoms with Crippen LogP contribution >= 0.6 is 0 Å². The van der Waals surface area contributed by atoms with E-state index in [1.807, 2.05) is 13.8 Å². The Kier molecular flexibility index (Phi) is 6.33. The molecule has 1 amide bonds. The van der Waals surface area contributed by atoms with Crippen LogP contribution in [0, 0.1) is 23.5 Å². The summed E-state index contributed by atoms with van der Waals surface area (Å²) in [7, 11) is -3.83. The van der Waals surface area contributed by atoms with E-state index in [-0.39, 0.29) is 28.8 Å². The van der Waals surface area contributed by atoms with Crippen molar-refractivity contribution in [2.45, 2.75) is 31.7 Å². The summed E-state index contributed by atoms with van der Waals surface area (Å²) in [4.78, 5) is 12.3. The number of piperidine rings is 1. The summed E-state index contributed by atoms with van der Waals surface area (Å²) in [6.45, 7) is 4.86. The van der Waals surface area contributed by atoms with Crippen LogP contribution in [0.2, 0.25) is 0 Å². The highest BCUT2D eigenvalue weighted by atomic mass is 32.2. The second kappa shape index (κ2) is 8.59. The van der Waals surface area contributed by atoms with Gasteiger partial charge in [0, 0.05) is 19.6 Å². The minimum absolute atomic E-state index is 0.0662. The summed E-state index contributed by atoms with van der Waals surface area (Å²) in [6.07, 6.45) is 0.951. The summed E-state index contributed by atoms with van der Waals surface area (Å²) in [6, 6.07) is 8.79. The third-order valence-electron chi connectivity index (χ3n) is 5.02. The molecule has 1 saturated heterocycles. The Morgan fingerprint density at radius 3 is 2.31 bits per heavy atom. The molecule has 0 saturated carbocycles. The van der Waals surface area contributed by atoms with Crippen LogP contribution in [0.1, 0.15) is 36.2 Å². The molecular weight excluding hydrogens is 398 g/mol. The van der Waals surface area contributed by atoms with Crippen LogP contribution in [0.5, 0.6) is 0 Å². The third-order valence-corrected chi connectivity index (χ3v) is 6.85. The van der Waals surface area contributed by atoms with Crippen molar-refractivity contribution in [1.29, 1.82) is 0 Å². The Bertz CT molecular complexity index is 983. The molecule has 0 unspecified atom stereocenters. The number of benzene rings is 2. The number of carbonyl (C=O) groups excluding carboxylic acids is 1. The van der Waals surface area contributed by atoms with E-state index in [0.29, 0.717) is 18.7 Å². The van der Waals surface area contributed by atoms with Gasteiger partial charge in [0.2, 0.25) is 10.0 Å². The molecule has 1 aliphatic heterocycles. The zero-order chi connectivity index (χ0) is 21.2. The summed E-state index contributed by atoms with van der Waals surface area (Å²) in [5, 5.41) is 2.54. The number of hydrogen-bond acceptors (Lipinski definition) is 3. The van der Waals surface area contributed by atoms with Gasteiger partial charge in [-0.1, -0.05) is 26.0 Å². The van der Waals surface area contributed by atoms with E-state index in [2.05, 4.69) is 5.32 Å². The molecule has 3 rings (SSSR count). The molecule has 2 aromatic rings. The third kappa shape index (κ3) is 5.00. The van der Waals surface area contributed by atoms with Gasteiger partial charge in [-0.2, -0.15) is 4.31 Å². The summed E-state index contributed by atoms with van der Waals surface area (Å²) < 4.78 is 54.6. The first kappa shape index (κ1) is 21.4. The first-order valence-corrected chi connectivity index (χ1v) is 10.9. The lowest BCUT2D eigenvalue weighted by molar-refractivity contribution is 0.0946. The number of nitrogens with one attached hydrogen (secondary N) is 1. The van der Waals surface area contributed by atoms with Gasteiger partial charge in [0.1, 0.15) is 11.6 Å². The number of amides is 1. The molecule has 1 fully saturated rings. The average molecular weight is 422 g/mol. The number of carbonyl (C=O) groups is 1. The molecule has 1 aliphatic rings. The average Bonchev–Trinajstić information content (AvgIpc) is 2.66. The van der Waals surface area contributed by atoms with Crippen LogP contribution in [0.15, 0.2) is 47.4 Å². The molecule has 0 bridgehead atoms. The Morgan fingerprint density at radius 2 is 1.69 bits per heavy atom. The fourth-order valence-corrected chi connectivity index (χ4v) is 5.38. The standard InChI is InChI=1S/C21H24F2N2O3S/c1-14-9-15(2)13-25(12-14)29(27,28)18-7-8-20(23)19(10-18)21(26)24-11-16-3-5-17(22)6-4-16/h3-8,10,14-15H,9,11-13H2,1-2H3,(H,24,26)/t14-,15+. The van der Waals surface area contributed by atoms with Crippen LogP contribution in [-0.2, 0) is 16.6 Å². The molecule has 156 valence electrons. The van der Waals surface area contributed by atoms with E-state index in [0.717, 1.165) is 18.6 Å². The number of nitrogens with zero attached hydrogens (tertiary/aromatic N) is 1. The lowest BCUT2D eigenvalue weighted by Gasteiger charge is -2.34. The molecule has 0 aromatic heterocycles. The Hall–Kier alpha value is -2.32. The van der Waals surface area contributed by atoms with Crippen molar-refractivity contribution >= 4 is 15.9 Å². The molecule has 1 heterocycles. The lowest BCUT2D eigenvalue weighted by atomic mass is 9.94. The zero-order valence-corrected chi connectivity index (χ0v) is 17.2. The second-order valence-corrected chi connectivity index (χ2v) is 9.66. The summed E-state index contributed by atoms with van der Waals surface area (Å²) in [5.41, 5.74) is 0.298. The predicted octanol–water partition coefficient (Wildman–Crippen LogP) is 3.56. The maximum absolute atomic E-state index is 14.2. The van der Waals surface area contributed by atoms with Gasteiger partial charge in [0.15, 0.2) is 0 Å². The predicted molar refractivity (Wildman–Crippen MR) is 106 cm³/mol. The summed E-state index contributed by atoms with van der Waals surface area (Å²) in [5.74, 6) is -1.48. The highest BCUT2D eigenvalue weighted by Crippen LogP contribution is 2.27. The van der Waals surface area contributed by atoms with Crippen molar-refractivity contribution in [3.8, 4) is 0 Å². The lowest BCUT2D eigenvalue weighted by Crippen LogP contribution is -2.42. The first-order valence-electron chi connectivity index (χ1n) is 9.49. The quantitative estimate of drug-likeness (QED) is 0.801. The van der Waals surface area contributed by atoms with Crippen molar-refractivity contribution in [3.63, 3.8) is 0 Å². The van der Waals surface area contributed by atoms with Crippen LogP contribution in [0.25, 0.3) is 0 Å². The van der Waals surface area contributed by atoms with Crippen molar-refractivity contribution in [2.75, 3.05) is 13.1 Å². The Morgan fingerprint density at radius 1 is 1.07 bits per heavy atom. The van der Waals surface area contributed by atoms with Crippen LogP contribution < -0.4 is 5.32 Å². The van der Waals surface area contributed by atoms with Gasteiger partial charge in [-0.3, -0.25) is 4.79 Å². The number of halogens is 2. The van der Waals surface area contributed by atoms with Crippen molar-refractivity contribution in [1.82, 2.24) is 9.62 Å². The second-order valence-electron chi connectivity index (χ2n) is 7.72. The van der Waals surface area contributed by atoms with Crippen LogP contribution in [0.3, 0.4) is 0 Å². The number of rotatable bonds is 5. The maximum atomic E-state index is 14.2. The molecule has 2 atom stereocenters. The molecular formula is C21H24F2N2O3S. The molecule has 0 aliphatic carbocycles. The maximum Gasteiger partial charge on any atom is 0.254 e. The Labute approximate surface area is 169 Å². The normalized spacial score (nSPS) is 20.4. The van der Waals surface area contributed by atoms with Gasteiger partial charge < -0.3 is 5.32 Å². The van der Waals surface area contributed by atoms with Crippen molar-refractivity contribution in [3.05, 3.63) is 65.2 Å². The smallest absolute Gasteiger partial charge is 0.254 e. The van der Waals surface area contributed by atoms with Crippen LogP contribution in [-0.4, -0.2) is 31.7 Å². The van der Waals surface area contributed by atoms with Crippen LogP contribution in [0.4, 0.5) is 8.78 Å². The van der Waals surface area contributed by atoms with E-state index < -0.39 is 27.6 Å². The molecule has 29 heavy (non-hydrogen) atoms. The van der Waals surface area contributed by atoms with Gasteiger partial charge in [0.05, 0.1) is 10.5 Å². The monoisotopic (exact) mass is 422 g/mol. The highest BCUT2D eigenvalue weighted by molar-refractivity contribution is 7.89. The highest BCUT2D eigenvalue weighted by Gasteiger charge is 2.32. The van der Waals surface area contributed by atoms with Gasteiger partial charge >= 0.3 is 0 Å². The van der Waals surface area contributed by atoms with Gasteiger partial charge in [-0.25, -0.2) is 17.2 Å². The van der Waals surface area contributed by atoms with Crippen molar-refractivity contribution in [2.24, 2.45) is 11.8 Å². The van der Waals surface area contributed by atoms with Gasteiger partial charge in [-0.15, -0.1) is 0 Å². The molecule has 0 spiro atoms. The molecule has 1 N–H and O–H groups in total. The summed E-state index contributed by atoms with van der Waals surface area (Å²) >= 11 is 0. The van der Waals surface area contributed by atoms with Crippen molar-refractivity contribution < 1.29 is 22.0 Å². The molecule has 8 heteroatoms. The number of hydrogen-bond donors (Lipinski definition) is 1. The molecule has 2 aromatic carbocycles. The number of sulfonamides is 1. The van der Waals surface area contributed by atoms with Gasteiger partial charge in [-0.05, 0) is 54.2 Å². The van der Waals surface area contributed by atoms with E-state index in [1.165, 1.54) is 34.6 Å². The fourth-order valence-electron chi connectivity index (χ4n) is 3.67. The SMILES string of the molecule is C[C@@H]1C[C@H](C)CN(S(=O)(=O)c2ccc(F)c(C(=O)NCc3ccc(F)cc3)c2)C1. The van der Waals surface area contributed by atoms with E-state index in [9.17, 15) is 22.0 Å².